The maximum atomic E-state index is 11.7. The molecule has 0 saturated heterocycles. The molecule has 7 nitrogen and oxygen atoms in total. The molecule has 0 aliphatic carbocycles. The molecule has 33 heavy (non-hydrogen) atoms. The predicted molar refractivity (Wildman–Crippen MR) is 124 cm³/mol. The molecule has 0 atom stereocenters. The summed E-state index contributed by atoms with van der Waals surface area (Å²) >= 11 is 0. The molecule has 2 aromatic rings. The molecule has 2 aromatic carbocycles. The summed E-state index contributed by atoms with van der Waals surface area (Å²) in [7, 11) is 0. The third-order valence-electron chi connectivity index (χ3n) is 4.18. The summed E-state index contributed by atoms with van der Waals surface area (Å²) in [6, 6.07) is 15.2. The number of ether oxygens (including phenoxy) is 4. The molecule has 0 aromatic heterocycles. The molecule has 0 heterocycles. The predicted octanol–water partition coefficient (Wildman–Crippen LogP) is 4.14. The lowest BCUT2D eigenvalue weighted by molar-refractivity contribution is -0.145. The zero-order valence-corrected chi connectivity index (χ0v) is 18.5. The fourth-order valence-electron chi connectivity index (χ4n) is 2.50. The molecule has 0 amide bonds. The van der Waals surface area contributed by atoms with Gasteiger partial charge in [-0.1, -0.05) is 49.6 Å². The average Bonchev–Trinajstić information content (AvgIpc) is 2.83. The van der Waals surface area contributed by atoms with E-state index in [4.69, 9.17) is 18.9 Å². The van der Waals surface area contributed by atoms with Gasteiger partial charge in [-0.05, 0) is 41.8 Å². The summed E-state index contributed by atoms with van der Waals surface area (Å²) in [4.78, 5) is 33.9. The summed E-state index contributed by atoms with van der Waals surface area (Å²) in [6.45, 7) is 8.74. The highest BCUT2D eigenvalue weighted by Crippen LogP contribution is 2.23. The van der Waals surface area contributed by atoms with Crippen molar-refractivity contribution in [3.63, 3.8) is 0 Å². The summed E-state index contributed by atoms with van der Waals surface area (Å²) in [6.07, 6.45) is 3.99. The summed E-state index contributed by atoms with van der Waals surface area (Å²) in [5.41, 5.74) is 3.18. The van der Waals surface area contributed by atoms with Crippen LogP contribution >= 0.6 is 0 Å². The number of benzene rings is 2. The topological polar surface area (TPSA) is 88.1 Å². The van der Waals surface area contributed by atoms with Gasteiger partial charge in [0.15, 0.2) is 0 Å². The molecule has 0 unspecified atom stereocenters. The molecule has 7 heteroatoms. The van der Waals surface area contributed by atoms with Crippen LogP contribution in [0, 0.1) is 0 Å². The van der Waals surface area contributed by atoms with Gasteiger partial charge in [-0.3, -0.25) is 0 Å². The van der Waals surface area contributed by atoms with Crippen LogP contribution in [0.2, 0.25) is 0 Å². The van der Waals surface area contributed by atoms with Gasteiger partial charge >= 0.3 is 17.9 Å². The second-order valence-corrected chi connectivity index (χ2v) is 6.78. The number of hydrogen-bond donors (Lipinski definition) is 0. The van der Waals surface area contributed by atoms with Crippen LogP contribution in [0.1, 0.15) is 12.5 Å². The number of carbonyl (C=O) groups is 3. The fourth-order valence-corrected chi connectivity index (χ4v) is 2.50. The third-order valence-corrected chi connectivity index (χ3v) is 4.18. The van der Waals surface area contributed by atoms with Crippen molar-refractivity contribution in [2.24, 2.45) is 0 Å². The highest BCUT2D eigenvalue weighted by atomic mass is 16.6. The van der Waals surface area contributed by atoms with Gasteiger partial charge < -0.3 is 18.9 Å². The Kier molecular flexibility index (Phi) is 10.1. The van der Waals surface area contributed by atoms with Crippen molar-refractivity contribution in [1.29, 1.82) is 0 Å². The van der Waals surface area contributed by atoms with E-state index in [9.17, 15) is 14.4 Å². The molecule has 0 spiro atoms. The largest absolute Gasteiger partial charge is 0.490 e. The van der Waals surface area contributed by atoms with Crippen molar-refractivity contribution >= 4 is 24.0 Å². The average molecular weight is 450 g/mol. The smallest absolute Gasteiger partial charge is 0.333 e. The van der Waals surface area contributed by atoms with Crippen molar-refractivity contribution in [2.45, 2.75) is 6.92 Å². The fraction of sp³-hybridized carbons (Fsp3) is 0.192. The first-order chi connectivity index (χ1) is 15.9. The third kappa shape index (κ3) is 9.26. The molecule has 2 rings (SSSR count). The van der Waals surface area contributed by atoms with E-state index in [0.29, 0.717) is 11.3 Å². The van der Waals surface area contributed by atoms with Crippen LogP contribution < -0.4 is 4.74 Å². The standard InChI is InChI=1S/C26H26O7/c1-4-24(27)31-16-17-32-25(28)14-7-20-5-8-21(9-6-20)22-10-12-23(13-11-22)30-15-18-33-26(29)19(2)3/h4-14H,1-2,15-18H2,3H3. The van der Waals surface area contributed by atoms with Gasteiger partial charge in [-0.25, -0.2) is 14.4 Å². The molecule has 0 bridgehead atoms. The molecule has 0 N–H and O–H groups in total. The first-order valence-corrected chi connectivity index (χ1v) is 10.2. The minimum atomic E-state index is -0.564. The van der Waals surface area contributed by atoms with Crippen LogP contribution in [0.4, 0.5) is 0 Å². The van der Waals surface area contributed by atoms with Crippen molar-refractivity contribution in [1.82, 2.24) is 0 Å². The SMILES string of the molecule is C=CC(=O)OCCOC(=O)C=Cc1ccc(-c2ccc(OCCOC(=O)C(=C)C)cc2)cc1. The van der Waals surface area contributed by atoms with E-state index in [0.717, 1.165) is 22.8 Å². The Hall–Kier alpha value is -4.13. The van der Waals surface area contributed by atoms with Crippen LogP contribution in [-0.2, 0) is 28.6 Å². The first-order valence-electron chi connectivity index (χ1n) is 10.2. The van der Waals surface area contributed by atoms with E-state index in [-0.39, 0.29) is 26.4 Å². The Bertz CT molecular complexity index is 1000. The minimum absolute atomic E-state index is 0.0224. The molecule has 0 aliphatic heterocycles. The molecular formula is C26H26O7. The van der Waals surface area contributed by atoms with Gasteiger partial charge in [-0.2, -0.15) is 0 Å². The Morgan fingerprint density at radius 1 is 0.788 bits per heavy atom. The van der Waals surface area contributed by atoms with Gasteiger partial charge in [0.2, 0.25) is 0 Å². The molecular weight excluding hydrogens is 424 g/mol. The van der Waals surface area contributed by atoms with E-state index < -0.39 is 17.9 Å². The normalized spacial score (nSPS) is 10.3. The number of esters is 3. The Morgan fingerprint density at radius 2 is 1.33 bits per heavy atom. The maximum absolute atomic E-state index is 11.7. The van der Waals surface area contributed by atoms with Crippen LogP contribution in [0.5, 0.6) is 5.75 Å². The minimum Gasteiger partial charge on any atom is -0.490 e. The number of rotatable bonds is 12. The first kappa shape index (κ1) is 25.1. The number of carbonyl (C=O) groups excluding carboxylic acids is 3. The summed E-state index contributed by atoms with van der Waals surface area (Å²) in [5, 5.41) is 0. The van der Waals surface area contributed by atoms with Crippen molar-refractivity contribution in [3.05, 3.63) is 85.0 Å². The van der Waals surface area contributed by atoms with E-state index in [1.54, 1.807) is 13.0 Å². The molecule has 0 aliphatic rings. The molecule has 0 radical (unpaired) electrons. The Balaban J connectivity index is 1.79. The van der Waals surface area contributed by atoms with Gasteiger partial charge in [-0.15, -0.1) is 0 Å². The zero-order chi connectivity index (χ0) is 24.1. The lowest BCUT2D eigenvalue weighted by atomic mass is 10.0. The van der Waals surface area contributed by atoms with Crippen molar-refractivity contribution in [2.75, 3.05) is 26.4 Å². The second-order valence-electron chi connectivity index (χ2n) is 6.78. The summed E-state index contributed by atoms with van der Waals surface area (Å²) in [5.74, 6) is -0.859. The highest BCUT2D eigenvalue weighted by Gasteiger charge is 2.04. The van der Waals surface area contributed by atoms with E-state index in [1.807, 2.05) is 48.5 Å². The lowest BCUT2D eigenvalue weighted by Crippen LogP contribution is -2.12. The zero-order valence-electron chi connectivity index (χ0n) is 18.5. The monoisotopic (exact) mass is 450 g/mol. The molecule has 0 fully saturated rings. The Morgan fingerprint density at radius 3 is 1.91 bits per heavy atom. The quantitative estimate of drug-likeness (QED) is 0.208. The molecule has 0 saturated carbocycles. The van der Waals surface area contributed by atoms with Gasteiger partial charge in [0.05, 0.1) is 0 Å². The van der Waals surface area contributed by atoms with E-state index in [2.05, 4.69) is 13.2 Å². The second kappa shape index (κ2) is 13.3. The van der Waals surface area contributed by atoms with Gasteiger partial charge in [0.1, 0.15) is 32.2 Å². The highest BCUT2D eigenvalue weighted by molar-refractivity contribution is 5.87. The van der Waals surface area contributed by atoms with Crippen molar-refractivity contribution in [3.8, 4) is 16.9 Å². The lowest BCUT2D eigenvalue weighted by Gasteiger charge is -2.08. The van der Waals surface area contributed by atoms with Crippen LogP contribution in [0.25, 0.3) is 17.2 Å². The Labute approximate surface area is 192 Å². The maximum Gasteiger partial charge on any atom is 0.333 e. The van der Waals surface area contributed by atoms with E-state index >= 15 is 0 Å². The van der Waals surface area contributed by atoms with E-state index in [1.165, 1.54) is 6.08 Å². The van der Waals surface area contributed by atoms with Crippen molar-refractivity contribution < 1.29 is 33.3 Å². The van der Waals surface area contributed by atoms with Gasteiger partial charge in [0, 0.05) is 17.7 Å². The van der Waals surface area contributed by atoms with Crippen LogP contribution in [0.15, 0.2) is 79.4 Å². The van der Waals surface area contributed by atoms with Crippen LogP contribution in [-0.4, -0.2) is 44.3 Å². The van der Waals surface area contributed by atoms with Gasteiger partial charge in [0.25, 0.3) is 0 Å². The number of hydrogen-bond acceptors (Lipinski definition) is 7. The molecule has 172 valence electrons. The summed E-state index contributed by atoms with van der Waals surface area (Å²) < 4.78 is 20.2. The van der Waals surface area contributed by atoms with Crippen LogP contribution in [0.3, 0.4) is 0 Å².